The molecule has 6 heteroatoms. The number of hydrogen-bond donors (Lipinski definition) is 1. The number of carbonyl (C=O) groups excluding carboxylic acids is 1. The van der Waals surface area contributed by atoms with Gasteiger partial charge in [-0.3, -0.25) is 10.1 Å². The molecule has 2 rings (SSSR count). The molecule has 0 saturated carbocycles. The number of nitro benzene ring substituents is 1. The second-order valence-corrected chi connectivity index (χ2v) is 3.98. The molecular formula is C14H11NO5. The van der Waals surface area contributed by atoms with Crippen molar-refractivity contribution in [3.05, 3.63) is 69.8 Å². The lowest BCUT2D eigenvalue weighted by molar-refractivity contribution is -0.385. The third-order valence-electron chi connectivity index (χ3n) is 2.67. The SMILES string of the molecule is O=C(OCc1ccccc1[N+](=O)[O-])c1ccccc1O. The van der Waals surface area contributed by atoms with E-state index in [-0.39, 0.29) is 23.6 Å². The van der Waals surface area contributed by atoms with Gasteiger partial charge in [-0.15, -0.1) is 0 Å². The van der Waals surface area contributed by atoms with Crippen LogP contribution in [0.4, 0.5) is 5.69 Å². The number of para-hydroxylation sites is 2. The highest BCUT2D eigenvalue weighted by Crippen LogP contribution is 2.21. The number of phenolic OH excluding ortho intramolecular Hbond substituents is 1. The van der Waals surface area contributed by atoms with Gasteiger partial charge < -0.3 is 9.84 Å². The van der Waals surface area contributed by atoms with E-state index in [2.05, 4.69) is 0 Å². The molecule has 0 aliphatic carbocycles. The van der Waals surface area contributed by atoms with Crippen molar-refractivity contribution in [3.63, 3.8) is 0 Å². The van der Waals surface area contributed by atoms with Gasteiger partial charge in [0.15, 0.2) is 0 Å². The highest BCUT2D eigenvalue weighted by atomic mass is 16.6. The first kappa shape index (κ1) is 13.5. The van der Waals surface area contributed by atoms with Crippen LogP contribution in [0.25, 0.3) is 0 Å². The minimum absolute atomic E-state index is 0.0195. The van der Waals surface area contributed by atoms with E-state index >= 15 is 0 Å². The van der Waals surface area contributed by atoms with Crippen LogP contribution in [-0.2, 0) is 11.3 Å². The molecule has 0 aromatic heterocycles. The van der Waals surface area contributed by atoms with Gasteiger partial charge in [-0.05, 0) is 18.2 Å². The Kier molecular flexibility index (Phi) is 3.95. The van der Waals surface area contributed by atoms with Crippen molar-refractivity contribution in [2.75, 3.05) is 0 Å². The number of aromatic hydroxyl groups is 1. The zero-order chi connectivity index (χ0) is 14.5. The van der Waals surface area contributed by atoms with Gasteiger partial charge in [0, 0.05) is 6.07 Å². The van der Waals surface area contributed by atoms with E-state index in [1.54, 1.807) is 18.2 Å². The summed E-state index contributed by atoms with van der Waals surface area (Å²) in [5.74, 6) is -0.929. The van der Waals surface area contributed by atoms with E-state index in [0.717, 1.165) is 0 Å². The van der Waals surface area contributed by atoms with E-state index in [9.17, 15) is 20.0 Å². The zero-order valence-corrected chi connectivity index (χ0v) is 10.4. The molecule has 2 aromatic rings. The molecule has 0 spiro atoms. The molecule has 1 N–H and O–H groups in total. The summed E-state index contributed by atoms with van der Waals surface area (Å²) in [5, 5.41) is 20.3. The summed E-state index contributed by atoms with van der Waals surface area (Å²) >= 11 is 0. The smallest absolute Gasteiger partial charge is 0.342 e. The topological polar surface area (TPSA) is 89.7 Å². The number of carbonyl (C=O) groups is 1. The Balaban J connectivity index is 2.12. The minimum Gasteiger partial charge on any atom is -0.507 e. The van der Waals surface area contributed by atoms with Gasteiger partial charge in [-0.1, -0.05) is 24.3 Å². The summed E-state index contributed by atoms with van der Waals surface area (Å²) in [6.07, 6.45) is 0. The minimum atomic E-state index is -0.735. The Morgan fingerprint density at radius 3 is 2.50 bits per heavy atom. The molecule has 20 heavy (non-hydrogen) atoms. The Morgan fingerprint density at radius 1 is 1.15 bits per heavy atom. The summed E-state index contributed by atoms with van der Waals surface area (Å²) in [6.45, 7) is -0.232. The molecule has 6 nitrogen and oxygen atoms in total. The lowest BCUT2D eigenvalue weighted by Crippen LogP contribution is -2.06. The van der Waals surface area contributed by atoms with Gasteiger partial charge >= 0.3 is 5.97 Å². The van der Waals surface area contributed by atoms with Crippen LogP contribution < -0.4 is 0 Å². The maximum absolute atomic E-state index is 11.8. The quantitative estimate of drug-likeness (QED) is 0.525. The highest BCUT2D eigenvalue weighted by molar-refractivity contribution is 5.92. The maximum Gasteiger partial charge on any atom is 0.342 e. The van der Waals surface area contributed by atoms with Crippen molar-refractivity contribution >= 4 is 11.7 Å². The third-order valence-corrected chi connectivity index (χ3v) is 2.67. The van der Waals surface area contributed by atoms with E-state index < -0.39 is 10.9 Å². The van der Waals surface area contributed by atoms with Gasteiger partial charge in [0.1, 0.15) is 17.9 Å². The average Bonchev–Trinajstić information content (AvgIpc) is 2.45. The molecular weight excluding hydrogens is 262 g/mol. The predicted molar refractivity (Wildman–Crippen MR) is 70.3 cm³/mol. The first-order valence-corrected chi connectivity index (χ1v) is 5.77. The van der Waals surface area contributed by atoms with Crippen LogP contribution in [0.3, 0.4) is 0 Å². The summed E-state index contributed by atoms with van der Waals surface area (Å²) < 4.78 is 4.98. The fourth-order valence-corrected chi connectivity index (χ4v) is 1.68. The van der Waals surface area contributed by atoms with Crippen LogP contribution in [0.15, 0.2) is 48.5 Å². The summed E-state index contributed by atoms with van der Waals surface area (Å²) in [6, 6.07) is 11.9. The first-order valence-electron chi connectivity index (χ1n) is 5.77. The number of phenols is 1. The molecule has 102 valence electrons. The number of hydrogen-bond acceptors (Lipinski definition) is 5. The van der Waals surface area contributed by atoms with E-state index in [1.807, 2.05) is 0 Å². The molecule has 0 saturated heterocycles. The Morgan fingerprint density at radius 2 is 1.80 bits per heavy atom. The number of esters is 1. The van der Waals surface area contributed by atoms with Gasteiger partial charge in [-0.2, -0.15) is 0 Å². The van der Waals surface area contributed by atoms with Crippen molar-refractivity contribution < 1.29 is 19.6 Å². The molecule has 0 heterocycles. The van der Waals surface area contributed by atoms with Crippen LogP contribution in [0.5, 0.6) is 5.75 Å². The van der Waals surface area contributed by atoms with Crippen LogP contribution in [0.1, 0.15) is 15.9 Å². The number of ether oxygens (including phenoxy) is 1. The summed E-state index contributed by atoms with van der Waals surface area (Å²) in [5.41, 5.74) is 0.199. The zero-order valence-electron chi connectivity index (χ0n) is 10.4. The molecule has 0 amide bonds. The molecule has 0 fully saturated rings. The molecule has 0 unspecified atom stereocenters. The molecule has 0 aliphatic rings. The number of rotatable bonds is 4. The van der Waals surface area contributed by atoms with Crippen LogP contribution >= 0.6 is 0 Å². The number of nitrogens with zero attached hydrogens (tertiary/aromatic N) is 1. The first-order chi connectivity index (χ1) is 9.59. The maximum atomic E-state index is 11.8. The fraction of sp³-hybridized carbons (Fsp3) is 0.0714. The molecule has 0 atom stereocenters. The second-order valence-electron chi connectivity index (χ2n) is 3.98. The summed E-state index contributed by atoms with van der Waals surface area (Å²) in [7, 11) is 0. The van der Waals surface area contributed by atoms with Gasteiger partial charge in [0.25, 0.3) is 5.69 Å². The molecule has 0 bridgehead atoms. The monoisotopic (exact) mass is 273 g/mol. The highest BCUT2D eigenvalue weighted by Gasteiger charge is 2.16. The van der Waals surface area contributed by atoms with Gasteiger partial charge in [-0.25, -0.2) is 4.79 Å². The Hall–Kier alpha value is -2.89. The Bertz CT molecular complexity index is 654. The van der Waals surface area contributed by atoms with Crippen molar-refractivity contribution in [3.8, 4) is 5.75 Å². The number of benzene rings is 2. The third kappa shape index (κ3) is 2.92. The van der Waals surface area contributed by atoms with Crippen molar-refractivity contribution in [1.29, 1.82) is 0 Å². The van der Waals surface area contributed by atoms with E-state index in [0.29, 0.717) is 5.56 Å². The van der Waals surface area contributed by atoms with E-state index in [4.69, 9.17) is 4.74 Å². The fourth-order valence-electron chi connectivity index (χ4n) is 1.68. The lowest BCUT2D eigenvalue weighted by Gasteiger charge is -2.06. The van der Waals surface area contributed by atoms with Crippen molar-refractivity contribution in [2.45, 2.75) is 6.61 Å². The standard InChI is InChI=1S/C14H11NO5/c16-13-8-4-2-6-11(13)14(17)20-9-10-5-1-3-7-12(10)15(18)19/h1-8,16H,9H2. The van der Waals surface area contributed by atoms with Crippen molar-refractivity contribution in [1.82, 2.24) is 0 Å². The second kappa shape index (κ2) is 5.83. The molecule has 0 aliphatic heterocycles. The van der Waals surface area contributed by atoms with Crippen LogP contribution in [-0.4, -0.2) is 16.0 Å². The van der Waals surface area contributed by atoms with Gasteiger partial charge in [0.2, 0.25) is 0 Å². The number of nitro groups is 1. The normalized spacial score (nSPS) is 10.0. The predicted octanol–water partition coefficient (Wildman–Crippen LogP) is 2.66. The molecule has 0 radical (unpaired) electrons. The van der Waals surface area contributed by atoms with Gasteiger partial charge in [0.05, 0.1) is 10.5 Å². The lowest BCUT2D eigenvalue weighted by atomic mass is 10.2. The largest absolute Gasteiger partial charge is 0.507 e. The summed E-state index contributed by atoms with van der Waals surface area (Å²) in [4.78, 5) is 22.0. The van der Waals surface area contributed by atoms with Crippen molar-refractivity contribution in [2.24, 2.45) is 0 Å². The average molecular weight is 273 g/mol. The van der Waals surface area contributed by atoms with Crippen LogP contribution in [0, 0.1) is 10.1 Å². The van der Waals surface area contributed by atoms with Crippen LogP contribution in [0.2, 0.25) is 0 Å². The Labute approximate surface area is 114 Å². The molecule has 2 aromatic carbocycles. The van der Waals surface area contributed by atoms with E-state index in [1.165, 1.54) is 30.3 Å².